The van der Waals surface area contributed by atoms with Gasteiger partial charge < -0.3 is 0 Å². The topological polar surface area (TPSA) is 25.8 Å². The molecule has 0 saturated carbocycles. The molecule has 0 saturated heterocycles. The van der Waals surface area contributed by atoms with Crippen molar-refractivity contribution in [3.05, 3.63) is 252 Å². The molecule has 10 aromatic rings. The first-order valence-corrected chi connectivity index (χ1v) is 21.6. The van der Waals surface area contributed by atoms with Crippen LogP contribution in [0.2, 0.25) is 0 Å². The maximum atomic E-state index is 5.52. The van der Waals surface area contributed by atoms with Gasteiger partial charge in [-0.1, -0.05) is 214 Å². The summed E-state index contributed by atoms with van der Waals surface area (Å²) >= 11 is 0. The molecule has 1 heterocycles. The van der Waals surface area contributed by atoms with E-state index in [0.717, 1.165) is 33.5 Å². The highest BCUT2D eigenvalue weighted by Gasteiger charge is 2.46. The lowest BCUT2D eigenvalue weighted by atomic mass is 9.67. The van der Waals surface area contributed by atoms with Crippen molar-refractivity contribution < 1.29 is 0 Å². The Morgan fingerprint density at radius 1 is 0.323 bits per heavy atom. The lowest BCUT2D eigenvalue weighted by Crippen LogP contribution is -2.28. The Labute approximate surface area is 362 Å². The van der Waals surface area contributed by atoms with E-state index in [0.29, 0.717) is 5.82 Å². The van der Waals surface area contributed by atoms with Gasteiger partial charge in [0.2, 0.25) is 0 Å². The summed E-state index contributed by atoms with van der Waals surface area (Å²) in [6.45, 7) is 4.73. The highest BCUT2D eigenvalue weighted by atomic mass is 14.9. The zero-order chi connectivity index (χ0) is 41.4. The van der Waals surface area contributed by atoms with Crippen LogP contribution in [0, 0.1) is 0 Å². The summed E-state index contributed by atoms with van der Waals surface area (Å²) in [5.74, 6) is 0.705. The van der Waals surface area contributed by atoms with Crippen molar-refractivity contribution in [1.82, 2.24) is 9.97 Å². The summed E-state index contributed by atoms with van der Waals surface area (Å²) in [5.41, 5.74) is 19.7. The van der Waals surface area contributed by atoms with Crippen LogP contribution in [0.1, 0.15) is 47.2 Å². The standard InChI is InChI=1S/C60H42N2/c1-59(2)52-31-16-14-28-47(52)50-30-18-29-49(57(50)59)45-35-36-51(44-26-13-12-25-43(44)45)58-61-55(39-19-6-3-7-20-39)38-56(62-58)40-33-34-48-46-27-15-17-32-53(46)60(54(48)37-40,41-21-8-4-9-22-41)42-23-10-5-11-24-42/h3-38H,1-2H3. The van der Waals surface area contributed by atoms with Crippen molar-refractivity contribution >= 4 is 10.8 Å². The number of benzene rings is 9. The van der Waals surface area contributed by atoms with Crippen LogP contribution < -0.4 is 0 Å². The molecule has 0 N–H and O–H groups in total. The van der Waals surface area contributed by atoms with E-state index >= 15 is 0 Å². The fraction of sp³-hybridized carbons (Fsp3) is 0.0667. The Bertz CT molecular complexity index is 3330. The predicted octanol–water partition coefficient (Wildman–Crippen LogP) is 15.0. The van der Waals surface area contributed by atoms with E-state index in [2.05, 4.69) is 232 Å². The molecule has 0 amide bonds. The van der Waals surface area contributed by atoms with Gasteiger partial charge in [0.05, 0.1) is 16.8 Å². The van der Waals surface area contributed by atoms with Gasteiger partial charge in [-0.15, -0.1) is 0 Å². The van der Waals surface area contributed by atoms with Crippen molar-refractivity contribution in [3.63, 3.8) is 0 Å². The van der Waals surface area contributed by atoms with Gasteiger partial charge in [-0.25, -0.2) is 9.97 Å². The highest BCUT2D eigenvalue weighted by Crippen LogP contribution is 2.57. The van der Waals surface area contributed by atoms with Crippen molar-refractivity contribution in [2.45, 2.75) is 24.7 Å². The van der Waals surface area contributed by atoms with Gasteiger partial charge in [0.15, 0.2) is 5.82 Å². The number of rotatable bonds is 6. The molecule has 0 atom stereocenters. The molecule has 0 spiro atoms. The molecule has 0 unspecified atom stereocenters. The molecule has 2 heteroatoms. The van der Waals surface area contributed by atoms with Gasteiger partial charge in [-0.05, 0) is 95.7 Å². The van der Waals surface area contributed by atoms with Crippen LogP contribution in [0.4, 0.5) is 0 Å². The Morgan fingerprint density at radius 3 is 1.47 bits per heavy atom. The van der Waals surface area contributed by atoms with Crippen molar-refractivity contribution in [3.8, 4) is 67.3 Å². The van der Waals surface area contributed by atoms with Gasteiger partial charge >= 0.3 is 0 Å². The number of hydrogen-bond acceptors (Lipinski definition) is 2. The highest BCUT2D eigenvalue weighted by molar-refractivity contribution is 6.06. The monoisotopic (exact) mass is 790 g/mol. The SMILES string of the molecule is CC1(C)c2ccccc2-c2cccc(-c3ccc(-c4nc(-c5ccccc5)cc(-c5ccc6c(c5)C(c5ccccc5)(c5ccccc5)c5ccccc5-6)n4)c4ccccc34)c21. The molecule has 0 radical (unpaired) electrons. The average Bonchev–Trinajstić information content (AvgIpc) is 3.77. The lowest BCUT2D eigenvalue weighted by Gasteiger charge is -2.34. The Morgan fingerprint density at radius 2 is 0.790 bits per heavy atom. The van der Waals surface area contributed by atoms with E-state index in [-0.39, 0.29) is 5.41 Å². The summed E-state index contributed by atoms with van der Waals surface area (Å²) in [6, 6.07) is 79.5. The van der Waals surface area contributed by atoms with E-state index in [1.807, 2.05) is 0 Å². The number of hydrogen-bond donors (Lipinski definition) is 0. The molecule has 2 aliphatic rings. The molecule has 0 bridgehead atoms. The summed E-state index contributed by atoms with van der Waals surface area (Å²) in [7, 11) is 0. The second-order valence-corrected chi connectivity index (χ2v) is 17.2. The first-order chi connectivity index (χ1) is 30.5. The Kier molecular flexibility index (Phi) is 8.14. The van der Waals surface area contributed by atoms with Gasteiger partial charge in [0, 0.05) is 22.1 Å². The van der Waals surface area contributed by atoms with E-state index in [1.54, 1.807) is 0 Å². The number of fused-ring (bicyclic) bond motifs is 7. The van der Waals surface area contributed by atoms with Crippen LogP contribution in [0.5, 0.6) is 0 Å². The molecule has 0 fully saturated rings. The third-order valence-electron chi connectivity index (χ3n) is 13.6. The second kappa shape index (κ2) is 13.9. The van der Waals surface area contributed by atoms with Crippen molar-refractivity contribution in [2.24, 2.45) is 0 Å². The molecule has 62 heavy (non-hydrogen) atoms. The quantitative estimate of drug-likeness (QED) is 0.168. The van der Waals surface area contributed by atoms with E-state index in [4.69, 9.17) is 9.97 Å². The summed E-state index contributed by atoms with van der Waals surface area (Å²) in [5, 5.41) is 2.31. The number of nitrogens with zero attached hydrogens (tertiary/aromatic N) is 2. The molecule has 292 valence electrons. The minimum atomic E-state index is -0.512. The van der Waals surface area contributed by atoms with Crippen LogP contribution in [-0.2, 0) is 10.8 Å². The third-order valence-corrected chi connectivity index (χ3v) is 13.6. The molecule has 1 aromatic heterocycles. The van der Waals surface area contributed by atoms with Crippen molar-refractivity contribution in [2.75, 3.05) is 0 Å². The second-order valence-electron chi connectivity index (χ2n) is 17.2. The third kappa shape index (κ3) is 5.29. The van der Waals surface area contributed by atoms with Crippen LogP contribution >= 0.6 is 0 Å². The van der Waals surface area contributed by atoms with Gasteiger partial charge in [-0.2, -0.15) is 0 Å². The van der Waals surface area contributed by atoms with E-state index in [1.165, 1.54) is 72.1 Å². The minimum Gasteiger partial charge on any atom is -0.228 e. The van der Waals surface area contributed by atoms with Crippen LogP contribution in [0.3, 0.4) is 0 Å². The van der Waals surface area contributed by atoms with Crippen LogP contribution in [0.15, 0.2) is 218 Å². The van der Waals surface area contributed by atoms with E-state index in [9.17, 15) is 0 Å². The molecule has 0 aliphatic heterocycles. The largest absolute Gasteiger partial charge is 0.228 e. The maximum absolute atomic E-state index is 5.52. The van der Waals surface area contributed by atoms with Crippen LogP contribution in [-0.4, -0.2) is 9.97 Å². The minimum absolute atomic E-state index is 0.139. The van der Waals surface area contributed by atoms with Gasteiger partial charge in [0.1, 0.15) is 0 Å². The maximum Gasteiger partial charge on any atom is 0.161 e. The van der Waals surface area contributed by atoms with Crippen molar-refractivity contribution in [1.29, 1.82) is 0 Å². The fourth-order valence-electron chi connectivity index (χ4n) is 10.9. The van der Waals surface area contributed by atoms with Crippen LogP contribution in [0.25, 0.3) is 78.1 Å². The molecular weight excluding hydrogens is 749 g/mol. The molecule has 2 nitrogen and oxygen atoms in total. The first-order valence-electron chi connectivity index (χ1n) is 21.6. The van der Waals surface area contributed by atoms with Gasteiger partial charge in [-0.3, -0.25) is 0 Å². The van der Waals surface area contributed by atoms with Gasteiger partial charge in [0.25, 0.3) is 0 Å². The Balaban J connectivity index is 1.07. The summed E-state index contributed by atoms with van der Waals surface area (Å²) in [4.78, 5) is 10.9. The zero-order valence-corrected chi connectivity index (χ0v) is 34.7. The number of aromatic nitrogens is 2. The summed E-state index contributed by atoms with van der Waals surface area (Å²) in [6.07, 6.45) is 0. The zero-order valence-electron chi connectivity index (χ0n) is 34.7. The molecule has 2 aliphatic carbocycles. The first kappa shape index (κ1) is 36.2. The lowest BCUT2D eigenvalue weighted by molar-refractivity contribution is 0.662. The molecular formula is C60H42N2. The fourth-order valence-corrected chi connectivity index (χ4v) is 10.9. The Hall–Kier alpha value is -7.68. The normalized spacial score (nSPS) is 13.9. The predicted molar refractivity (Wildman–Crippen MR) is 256 cm³/mol. The molecule has 12 rings (SSSR count). The average molecular weight is 791 g/mol. The smallest absolute Gasteiger partial charge is 0.161 e. The molecule has 9 aromatic carbocycles. The van der Waals surface area contributed by atoms with E-state index < -0.39 is 5.41 Å². The summed E-state index contributed by atoms with van der Waals surface area (Å²) < 4.78 is 0.